The third-order valence-electron chi connectivity index (χ3n) is 3.56. The van der Waals surface area contributed by atoms with Crippen LogP contribution < -0.4 is 16.6 Å². The van der Waals surface area contributed by atoms with Crippen molar-refractivity contribution in [1.29, 1.82) is 0 Å². The van der Waals surface area contributed by atoms with Crippen LogP contribution >= 0.6 is 0 Å². The zero-order chi connectivity index (χ0) is 13.7. The Morgan fingerprint density at radius 3 is 3.16 bits per heavy atom. The molecule has 6 heteroatoms. The number of aromatic nitrogens is 1. The minimum Gasteiger partial charge on any atom is -0.358 e. The molecular formula is C13H21N5O. The molecule has 1 fully saturated rings. The monoisotopic (exact) mass is 263 g/mol. The van der Waals surface area contributed by atoms with E-state index < -0.39 is 0 Å². The van der Waals surface area contributed by atoms with Crippen LogP contribution in [0, 0.1) is 0 Å². The van der Waals surface area contributed by atoms with E-state index in [2.05, 4.69) is 20.6 Å². The molecule has 2 heterocycles. The number of nitrogens with two attached hydrogens (primary N) is 1. The quantitative estimate of drug-likeness (QED) is 0.543. The number of nitrogens with zero attached hydrogens (tertiary/aromatic N) is 2. The molecule has 19 heavy (non-hydrogen) atoms. The second-order valence-electron chi connectivity index (χ2n) is 4.75. The van der Waals surface area contributed by atoms with Crippen molar-refractivity contribution in [2.45, 2.75) is 31.8 Å². The van der Waals surface area contributed by atoms with Crippen LogP contribution in [0.3, 0.4) is 0 Å². The molecule has 0 bridgehead atoms. The van der Waals surface area contributed by atoms with Gasteiger partial charge in [0.1, 0.15) is 5.82 Å². The Balaban J connectivity index is 2.13. The summed E-state index contributed by atoms with van der Waals surface area (Å²) in [6.07, 6.45) is 4.83. The fraction of sp³-hybridized carbons (Fsp3) is 0.538. The second-order valence-corrected chi connectivity index (χ2v) is 4.75. The molecule has 0 aliphatic carbocycles. The molecule has 0 spiro atoms. The molecule has 1 aromatic heterocycles. The highest BCUT2D eigenvalue weighted by molar-refractivity contribution is 5.81. The first kappa shape index (κ1) is 13.8. The van der Waals surface area contributed by atoms with Gasteiger partial charge < -0.3 is 10.7 Å². The number of carbonyl (C=O) groups excluding carboxylic acids is 1. The van der Waals surface area contributed by atoms with Crippen LogP contribution in [0.1, 0.15) is 24.8 Å². The summed E-state index contributed by atoms with van der Waals surface area (Å²) in [6, 6.07) is 3.82. The van der Waals surface area contributed by atoms with E-state index in [1.807, 2.05) is 12.1 Å². The van der Waals surface area contributed by atoms with Gasteiger partial charge in [0.25, 0.3) is 0 Å². The average Bonchev–Trinajstić information content (AvgIpc) is 2.47. The van der Waals surface area contributed by atoms with Crippen LogP contribution in [0.4, 0.5) is 5.82 Å². The van der Waals surface area contributed by atoms with E-state index in [1.54, 1.807) is 13.2 Å². The first-order valence-electron chi connectivity index (χ1n) is 6.62. The number of hydrazine groups is 1. The van der Waals surface area contributed by atoms with Gasteiger partial charge in [-0.3, -0.25) is 9.69 Å². The average molecular weight is 263 g/mol. The fourth-order valence-corrected chi connectivity index (χ4v) is 2.56. The van der Waals surface area contributed by atoms with Crippen LogP contribution in [-0.4, -0.2) is 35.4 Å². The molecule has 1 aliphatic rings. The lowest BCUT2D eigenvalue weighted by Crippen LogP contribution is -2.48. The predicted octanol–water partition coefficient (Wildman–Crippen LogP) is 0.468. The Morgan fingerprint density at radius 1 is 1.58 bits per heavy atom. The van der Waals surface area contributed by atoms with Gasteiger partial charge >= 0.3 is 0 Å². The van der Waals surface area contributed by atoms with Gasteiger partial charge in [-0.1, -0.05) is 12.5 Å². The van der Waals surface area contributed by atoms with Gasteiger partial charge in [0.15, 0.2) is 0 Å². The molecule has 1 saturated heterocycles. The number of hydrogen-bond donors (Lipinski definition) is 3. The minimum absolute atomic E-state index is 0.0513. The maximum Gasteiger partial charge on any atom is 0.237 e. The number of rotatable bonds is 4. The Kier molecular flexibility index (Phi) is 4.70. The Hall–Kier alpha value is -1.66. The molecule has 2 rings (SSSR count). The molecule has 6 nitrogen and oxygen atoms in total. The van der Waals surface area contributed by atoms with Crippen molar-refractivity contribution in [1.82, 2.24) is 15.2 Å². The standard InChI is InChI=1S/C13H21N5O/c1-15-13(19)11-6-2-3-8-18(11)9-10-5-4-7-16-12(10)17-14/h4-5,7,11H,2-3,6,8-9,14H2,1H3,(H,15,19)(H,16,17). The Morgan fingerprint density at radius 2 is 2.42 bits per heavy atom. The number of carbonyl (C=O) groups is 1. The molecule has 4 N–H and O–H groups in total. The molecule has 104 valence electrons. The molecule has 1 atom stereocenters. The van der Waals surface area contributed by atoms with Gasteiger partial charge in [-0.15, -0.1) is 0 Å². The van der Waals surface area contributed by atoms with Crippen molar-refractivity contribution in [3.8, 4) is 0 Å². The first-order valence-corrected chi connectivity index (χ1v) is 6.62. The molecule has 1 aliphatic heterocycles. The highest BCUT2D eigenvalue weighted by Crippen LogP contribution is 2.21. The van der Waals surface area contributed by atoms with Gasteiger partial charge in [0, 0.05) is 25.4 Å². The van der Waals surface area contributed by atoms with E-state index in [0.717, 1.165) is 31.4 Å². The third kappa shape index (κ3) is 3.21. The largest absolute Gasteiger partial charge is 0.358 e. The van der Waals surface area contributed by atoms with Gasteiger partial charge in [-0.2, -0.15) is 0 Å². The summed E-state index contributed by atoms with van der Waals surface area (Å²) in [5.41, 5.74) is 3.62. The number of hydrogen-bond acceptors (Lipinski definition) is 5. The zero-order valence-electron chi connectivity index (χ0n) is 11.2. The molecule has 1 unspecified atom stereocenters. The van der Waals surface area contributed by atoms with Crippen molar-refractivity contribution in [3.63, 3.8) is 0 Å². The van der Waals surface area contributed by atoms with Crippen LogP contribution in [0.15, 0.2) is 18.3 Å². The van der Waals surface area contributed by atoms with Gasteiger partial charge in [0.2, 0.25) is 5.91 Å². The van der Waals surface area contributed by atoms with Crippen molar-refractivity contribution < 1.29 is 4.79 Å². The van der Waals surface area contributed by atoms with Gasteiger partial charge in [0.05, 0.1) is 6.04 Å². The topological polar surface area (TPSA) is 83.3 Å². The molecule has 0 radical (unpaired) electrons. The van der Waals surface area contributed by atoms with E-state index >= 15 is 0 Å². The maximum atomic E-state index is 11.9. The molecule has 1 aromatic rings. The van der Waals surface area contributed by atoms with Crippen LogP contribution in [0.5, 0.6) is 0 Å². The third-order valence-corrected chi connectivity index (χ3v) is 3.56. The lowest BCUT2D eigenvalue weighted by atomic mass is 10.0. The highest BCUT2D eigenvalue weighted by Gasteiger charge is 2.28. The summed E-state index contributed by atoms with van der Waals surface area (Å²) in [4.78, 5) is 18.3. The van der Waals surface area contributed by atoms with Crippen molar-refractivity contribution in [3.05, 3.63) is 23.9 Å². The lowest BCUT2D eigenvalue weighted by Gasteiger charge is -2.34. The normalized spacial score (nSPS) is 20.0. The zero-order valence-corrected chi connectivity index (χ0v) is 11.2. The van der Waals surface area contributed by atoms with E-state index in [-0.39, 0.29) is 11.9 Å². The SMILES string of the molecule is CNC(=O)C1CCCCN1Cc1cccnc1NN. The molecular weight excluding hydrogens is 242 g/mol. The van der Waals surface area contributed by atoms with Gasteiger partial charge in [-0.05, 0) is 25.5 Å². The number of piperidine rings is 1. The minimum atomic E-state index is -0.0513. The van der Waals surface area contributed by atoms with Crippen LogP contribution in [0.2, 0.25) is 0 Å². The highest BCUT2D eigenvalue weighted by atomic mass is 16.2. The summed E-state index contributed by atoms with van der Waals surface area (Å²) < 4.78 is 0. The van der Waals surface area contributed by atoms with Crippen molar-refractivity contribution in [2.24, 2.45) is 5.84 Å². The summed E-state index contributed by atoms with van der Waals surface area (Å²) in [5.74, 6) is 6.22. The number of pyridine rings is 1. The molecule has 1 amide bonds. The number of nitrogen functional groups attached to an aromatic ring is 1. The summed E-state index contributed by atoms with van der Waals surface area (Å²) >= 11 is 0. The lowest BCUT2D eigenvalue weighted by molar-refractivity contribution is -0.127. The smallest absolute Gasteiger partial charge is 0.237 e. The molecule has 0 aromatic carbocycles. The van der Waals surface area contributed by atoms with Gasteiger partial charge in [-0.25, -0.2) is 10.8 Å². The Labute approximate surface area is 113 Å². The summed E-state index contributed by atoms with van der Waals surface area (Å²) in [6.45, 7) is 1.61. The summed E-state index contributed by atoms with van der Waals surface area (Å²) in [5, 5.41) is 2.74. The number of likely N-dealkylation sites (N-methyl/N-ethyl adjacent to an activating group) is 1. The van der Waals surface area contributed by atoms with E-state index in [0.29, 0.717) is 12.4 Å². The Bertz CT molecular complexity index is 437. The summed E-state index contributed by atoms with van der Waals surface area (Å²) in [7, 11) is 1.69. The van der Waals surface area contributed by atoms with Crippen LogP contribution in [-0.2, 0) is 11.3 Å². The second kappa shape index (κ2) is 6.49. The number of likely N-dealkylation sites (tertiary alicyclic amines) is 1. The number of nitrogens with one attached hydrogen (secondary N) is 2. The predicted molar refractivity (Wildman–Crippen MR) is 74.2 cm³/mol. The number of anilines is 1. The fourth-order valence-electron chi connectivity index (χ4n) is 2.56. The van der Waals surface area contributed by atoms with E-state index in [9.17, 15) is 4.79 Å². The van der Waals surface area contributed by atoms with Crippen LogP contribution in [0.25, 0.3) is 0 Å². The van der Waals surface area contributed by atoms with Crippen molar-refractivity contribution in [2.75, 3.05) is 19.0 Å². The van der Waals surface area contributed by atoms with Crippen molar-refractivity contribution >= 4 is 11.7 Å². The number of amides is 1. The maximum absolute atomic E-state index is 11.9. The molecule has 0 saturated carbocycles. The van der Waals surface area contributed by atoms with E-state index in [4.69, 9.17) is 5.84 Å². The van der Waals surface area contributed by atoms with E-state index in [1.165, 1.54) is 0 Å². The first-order chi connectivity index (χ1) is 9.26.